The van der Waals surface area contributed by atoms with E-state index in [1.807, 2.05) is 6.07 Å². The maximum absolute atomic E-state index is 5.86. The van der Waals surface area contributed by atoms with Gasteiger partial charge in [-0.2, -0.15) is 4.98 Å². The number of nitrogens with zero attached hydrogens (tertiary/aromatic N) is 3. The summed E-state index contributed by atoms with van der Waals surface area (Å²) in [5.74, 6) is 2.50. The Kier molecular flexibility index (Phi) is 8.50. The van der Waals surface area contributed by atoms with Crippen LogP contribution in [0, 0.1) is 5.92 Å². The van der Waals surface area contributed by atoms with E-state index in [2.05, 4.69) is 27.2 Å². The molecule has 24 heavy (non-hydrogen) atoms. The van der Waals surface area contributed by atoms with Crippen LogP contribution < -0.4 is 16.8 Å². The highest BCUT2D eigenvalue weighted by Gasteiger charge is 2.29. The van der Waals surface area contributed by atoms with Crippen LogP contribution in [0.3, 0.4) is 0 Å². The molecule has 8 heteroatoms. The summed E-state index contributed by atoms with van der Waals surface area (Å²) in [4.78, 5) is 11.1. The van der Waals surface area contributed by atoms with Gasteiger partial charge in [-0.1, -0.05) is 0 Å². The van der Waals surface area contributed by atoms with Crippen molar-refractivity contribution in [2.75, 3.05) is 37.7 Å². The highest BCUT2D eigenvalue weighted by Crippen LogP contribution is 2.35. The van der Waals surface area contributed by atoms with Gasteiger partial charge >= 0.3 is 0 Å². The van der Waals surface area contributed by atoms with Crippen molar-refractivity contribution in [2.24, 2.45) is 11.7 Å². The summed E-state index contributed by atoms with van der Waals surface area (Å²) in [6, 6.07) is 2.36. The number of aromatic nitrogens is 2. The van der Waals surface area contributed by atoms with E-state index in [1.165, 1.54) is 32.4 Å². The lowest BCUT2D eigenvalue weighted by Gasteiger charge is -2.32. The summed E-state index contributed by atoms with van der Waals surface area (Å²) in [7, 11) is 2.20. The molecule has 3 rings (SSSR count). The van der Waals surface area contributed by atoms with E-state index < -0.39 is 0 Å². The third kappa shape index (κ3) is 5.62. The molecule has 2 aliphatic rings. The van der Waals surface area contributed by atoms with Gasteiger partial charge in [0.15, 0.2) is 0 Å². The Hall–Kier alpha value is -0.820. The smallest absolute Gasteiger partial charge is 0.222 e. The molecule has 5 N–H and O–H groups in total. The predicted molar refractivity (Wildman–Crippen MR) is 104 cm³/mol. The minimum atomic E-state index is 0. The van der Waals surface area contributed by atoms with Crippen molar-refractivity contribution in [3.05, 3.63) is 11.8 Å². The van der Waals surface area contributed by atoms with Gasteiger partial charge in [-0.15, -0.1) is 24.8 Å². The summed E-state index contributed by atoms with van der Waals surface area (Å²) in [6.45, 7) is 3.39. The van der Waals surface area contributed by atoms with Gasteiger partial charge in [0.25, 0.3) is 0 Å². The fourth-order valence-corrected chi connectivity index (χ4v) is 3.44. The fourth-order valence-electron chi connectivity index (χ4n) is 3.44. The van der Waals surface area contributed by atoms with Crippen molar-refractivity contribution in [3.8, 4) is 0 Å². The van der Waals surface area contributed by atoms with Crippen LogP contribution in [0.2, 0.25) is 0 Å². The fraction of sp³-hybridized carbons (Fsp3) is 0.750. The first kappa shape index (κ1) is 21.2. The van der Waals surface area contributed by atoms with Crippen LogP contribution >= 0.6 is 24.8 Å². The molecule has 1 saturated heterocycles. The van der Waals surface area contributed by atoms with Crippen molar-refractivity contribution < 1.29 is 0 Å². The second kappa shape index (κ2) is 9.61. The molecule has 1 aromatic rings. The van der Waals surface area contributed by atoms with Crippen LogP contribution in [0.5, 0.6) is 0 Å². The number of anilines is 2. The van der Waals surface area contributed by atoms with E-state index in [0.29, 0.717) is 17.9 Å². The van der Waals surface area contributed by atoms with Gasteiger partial charge < -0.3 is 21.7 Å². The Morgan fingerprint density at radius 3 is 2.50 bits per heavy atom. The summed E-state index contributed by atoms with van der Waals surface area (Å²) in [5.41, 5.74) is 12.7. The van der Waals surface area contributed by atoms with Gasteiger partial charge in [-0.3, -0.25) is 0 Å². The summed E-state index contributed by atoms with van der Waals surface area (Å²) >= 11 is 0. The van der Waals surface area contributed by atoms with Gasteiger partial charge in [0.05, 0.1) is 5.69 Å². The highest BCUT2D eigenvalue weighted by molar-refractivity contribution is 5.85. The molecule has 6 nitrogen and oxygen atoms in total. The number of nitrogens with two attached hydrogens (primary N) is 2. The van der Waals surface area contributed by atoms with Crippen LogP contribution in [0.1, 0.15) is 43.7 Å². The molecule has 0 bridgehead atoms. The van der Waals surface area contributed by atoms with Gasteiger partial charge in [-0.25, -0.2) is 4.98 Å². The number of nitrogens with one attached hydrogen (secondary N) is 1. The van der Waals surface area contributed by atoms with Crippen molar-refractivity contribution in [2.45, 2.75) is 44.1 Å². The van der Waals surface area contributed by atoms with Crippen LogP contribution in [-0.4, -0.2) is 47.6 Å². The normalized spacial score (nSPS) is 24.4. The first-order chi connectivity index (χ1) is 10.6. The number of piperidine rings is 1. The van der Waals surface area contributed by atoms with Crippen LogP contribution in [0.25, 0.3) is 0 Å². The number of nitrogen functional groups attached to an aromatic ring is 1. The first-order valence-electron chi connectivity index (χ1n) is 8.42. The Morgan fingerprint density at radius 1 is 1.21 bits per heavy atom. The zero-order chi connectivity index (χ0) is 15.5. The molecule has 2 fully saturated rings. The number of hydrogen-bond acceptors (Lipinski definition) is 6. The molecule has 138 valence electrons. The lowest BCUT2D eigenvalue weighted by Crippen LogP contribution is -2.35. The molecule has 0 aromatic carbocycles. The molecule has 2 heterocycles. The topological polar surface area (TPSA) is 93.1 Å². The van der Waals surface area contributed by atoms with Crippen molar-refractivity contribution in [1.29, 1.82) is 0 Å². The third-order valence-corrected chi connectivity index (χ3v) is 5.05. The summed E-state index contributed by atoms with van der Waals surface area (Å²) < 4.78 is 0. The quantitative estimate of drug-likeness (QED) is 0.729. The van der Waals surface area contributed by atoms with Crippen molar-refractivity contribution in [1.82, 2.24) is 14.9 Å². The van der Waals surface area contributed by atoms with Crippen LogP contribution in [0.15, 0.2) is 6.07 Å². The van der Waals surface area contributed by atoms with E-state index in [-0.39, 0.29) is 24.8 Å². The standard InChI is InChI=1S/C16H28N6.2ClH/c1-22-6-3-11(4-7-22)2-5-19-15-10-14(20-16(18)21-15)12-8-13(17)9-12;;/h10-13H,2-9,17H2,1H3,(H3,18,19,20,21);2*1H. The van der Waals surface area contributed by atoms with E-state index in [4.69, 9.17) is 11.5 Å². The zero-order valence-corrected chi connectivity index (χ0v) is 15.9. The van der Waals surface area contributed by atoms with Gasteiger partial charge in [0.1, 0.15) is 5.82 Å². The number of hydrogen-bond donors (Lipinski definition) is 3. The molecule has 0 radical (unpaired) electrons. The van der Waals surface area contributed by atoms with Crippen molar-refractivity contribution >= 4 is 36.6 Å². The second-order valence-corrected chi connectivity index (χ2v) is 6.93. The van der Waals surface area contributed by atoms with Crippen molar-refractivity contribution in [3.63, 3.8) is 0 Å². The summed E-state index contributed by atoms with van der Waals surface area (Å²) in [6.07, 6.45) is 5.81. The van der Waals surface area contributed by atoms with E-state index in [1.54, 1.807) is 0 Å². The molecule has 1 aliphatic heterocycles. The van der Waals surface area contributed by atoms with Crippen LogP contribution in [-0.2, 0) is 0 Å². The molecular formula is C16H30Cl2N6. The minimum absolute atomic E-state index is 0. The van der Waals surface area contributed by atoms with Gasteiger partial charge in [0.2, 0.25) is 5.95 Å². The summed E-state index contributed by atoms with van der Waals surface area (Å²) in [5, 5.41) is 3.42. The van der Waals surface area contributed by atoms with Crippen LogP contribution in [0.4, 0.5) is 11.8 Å². The minimum Gasteiger partial charge on any atom is -0.370 e. The maximum atomic E-state index is 5.86. The average Bonchev–Trinajstić information content (AvgIpc) is 2.45. The molecular weight excluding hydrogens is 347 g/mol. The average molecular weight is 377 g/mol. The maximum Gasteiger partial charge on any atom is 0.222 e. The first-order valence-corrected chi connectivity index (χ1v) is 8.42. The SMILES string of the molecule is CN1CCC(CCNc2cc(C3CC(N)C3)nc(N)n2)CC1.Cl.Cl. The zero-order valence-electron chi connectivity index (χ0n) is 14.3. The lowest BCUT2D eigenvalue weighted by atomic mass is 9.78. The molecule has 1 saturated carbocycles. The molecule has 0 spiro atoms. The van der Waals surface area contributed by atoms with E-state index in [0.717, 1.165) is 36.8 Å². The Morgan fingerprint density at radius 2 is 1.88 bits per heavy atom. The molecule has 1 aliphatic carbocycles. The lowest BCUT2D eigenvalue weighted by molar-refractivity contribution is 0.215. The molecule has 1 aromatic heterocycles. The van der Waals surface area contributed by atoms with Gasteiger partial charge in [0, 0.05) is 24.6 Å². The van der Waals surface area contributed by atoms with E-state index in [9.17, 15) is 0 Å². The second-order valence-electron chi connectivity index (χ2n) is 6.93. The van der Waals surface area contributed by atoms with Gasteiger partial charge in [-0.05, 0) is 58.2 Å². The number of likely N-dealkylation sites (tertiary alicyclic amines) is 1. The Balaban J connectivity index is 0.00000144. The highest BCUT2D eigenvalue weighted by atomic mass is 35.5. The number of halogens is 2. The largest absolute Gasteiger partial charge is 0.370 e. The molecule has 0 amide bonds. The Bertz CT molecular complexity index is 501. The monoisotopic (exact) mass is 376 g/mol. The Labute approximate surface area is 157 Å². The third-order valence-electron chi connectivity index (χ3n) is 5.05. The molecule has 0 unspecified atom stereocenters. The predicted octanol–water partition coefficient (Wildman–Crippen LogP) is 2.25. The number of rotatable bonds is 5. The molecule has 0 atom stereocenters. The van der Waals surface area contributed by atoms with E-state index >= 15 is 0 Å².